The number of hydrogen-bond donors (Lipinski definition) is 1. The van der Waals surface area contributed by atoms with E-state index in [0.717, 1.165) is 12.1 Å². The van der Waals surface area contributed by atoms with Gasteiger partial charge in [0.2, 0.25) is 11.8 Å². The maximum atomic E-state index is 13.9. The predicted molar refractivity (Wildman–Crippen MR) is 152 cm³/mol. The molecule has 220 valence electrons. The minimum Gasteiger partial charge on any atom is -0.352 e. The van der Waals surface area contributed by atoms with Crippen molar-refractivity contribution in [3.05, 3.63) is 95.0 Å². The van der Waals surface area contributed by atoms with Gasteiger partial charge in [0.15, 0.2) is 0 Å². The zero-order valence-electron chi connectivity index (χ0n) is 22.7. The number of carbonyl (C=O) groups excluding carboxylic acids is 2. The number of nitrogens with one attached hydrogen (secondary N) is 1. The van der Waals surface area contributed by atoms with E-state index < -0.39 is 46.2 Å². The summed E-state index contributed by atoms with van der Waals surface area (Å²) in [5.41, 5.74) is -0.932. The summed E-state index contributed by atoms with van der Waals surface area (Å²) in [6.07, 6.45) is -4.11. The number of hydrogen-bond acceptors (Lipinski definition) is 4. The Morgan fingerprint density at radius 1 is 0.951 bits per heavy atom. The molecule has 0 aliphatic carbocycles. The molecule has 0 radical (unpaired) electrons. The van der Waals surface area contributed by atoms with E-state index in [-0.39, 0.29) is 23.2 Å². The zero-order chi connectivity index (χ0) is 30.4. The number of sulfonamides is 1. The molecule has 41 heavy (non-hydrogen) atoms. The summed E-state index contributed by atoms with van der Waals surface area (Å²) in [4.78, 5) is 27.9. The number of nitrogens with zero attached hydrogens (tertiary/aromatic N) is 2. The van der Waals surface area contributed by atoms with Crippen LogP contribution < -0.4 is 9.62 Å². The van der Waals surface area contributed by atoms with Gasteiger partial charge >= 0.3 is 6.18 Å². The van der Waals surface area contributed by atoms with Gasteiger partial charge in [-0.25, -0.2) is 8.42 Å². The Morgan fingerprint density at radius 2 is 1.59 bits per heavy atom. The van der Waals surface area contributed by atoms with Gasteiger partial charge in [-0.15, -0.1) is 0 Å². The quantitative estimate of drug-likeness (QED) is 0.294. The number of alkyl halides is 3. The van der Waals surface area contributed by atoms with Crippen LogP contribution in [-0.4, -0.2) is 43.8 Å². The molecule has 3 aromatic carbocycles. The third-order valence-corrected chi connectivity index (χ3v) is 8.70. The fraction of sp³-hybridized carbons (Fsp3) is 0.310. The molecule has 0 aliphatic rings. The minimum atomic E-state index is -4.75. The van der Waals surface area contributed by atoms with Crippen LogP contribution in [-0.2, 0) is 32.3 Å². The summed E-state index contributed by atoms with van der Waals surface area (Å²) in [5.74, 6) is -1.29. The Hall–Kier alpha value is -3.57. The first kappa shape index (κ1) is 32.0. The average molecular weight is 610 g/mol. The lowest BCUT2D eigenvalue weighted by Crippen LogP contribution is -2.52. The van der Waals surface area contributed by atoms with E-state index in [1.807, 2.05) is 6.92 Å². The van der Waals surface area contributed by atoms with E-state index in [1.165, 1.54) is 42.2 Å². The Kier molecular flexibility index (Phi) is 10.4. The normalized spacial score (nSPS) is 13.2. The van der Waals surface area contributed by atoms with Gasteiger partial charge in [-0.05, 0) is 62.2 Å². The number of rotatable bonds is 11. The molecule has 0 heterocycles. The maximum absolute atomic E-state index is 13.9. The van der Waals surface area contributed by atoms with Gasteiger partial charge in [0, 0.05) is 17.6 Å². The van der Waals surface area contributed by atoms with Crippen LogP contribution in [0.2, 0.25) is 5.02 Å². The van der Waals surface area contributed by atoms with Gasteiger partial charge in [0.25, 0.3) is 10.0 Å². The van der Waals surface area contributed by atoms with Crippen molar-refractivity contribution in [1.29, 1.82) is 0 Å². The molecule has 0 fully saturated rings. The van der Waals surface area contributed by atoms with Crippen molar-refractivity contribution in [1.82, 2.24) is 10.2 Å². The van der Waals surface area contributed by atoms with Gasteiger partial charge in [-0.2, -0.15) is 13.2 Å². The topological polar surface area (TPSA) is 86.8 Å². The Bertz CT molecular complexity index is 1470. The molecule has 2 amide bonds. The van der Waals surface area contributed by atoms with Gasteiger partial charge in [-0.1, -0.05) is 61.0 Å². The highest BCUT2D eigenvalue weighted by Gasteiger charge is 2.35. The number of carbonyl (C=O) groups is 2. The minimum absolute atomic E-state index is 0.143. The molecule has 0 aromatic heterocycles. The second-order valence-corrected chi connectivity index (χ2v) is 11.7. The monoisotopic (exact) mass is 609 g/mol. The molecule has 3 rings (SSSR count). The second-order valence-electron chi connectivity index (χ2n) is 9.48. The molecule has 2 unspecified atom stereocenters. The summed E-state index contributed by atoms with van der Waals surface area (Å²) < 4.78 is 68.7. The summed E-state index contributed by atoms with van der Waals surface area (Å²) in [6, 6.07) is 16.2. The molecule has 2 atom stereocenters. The van der Waals surface area contributed by atoms with Crippen molar-refractivity contribution < 1.29 is 31.2 Å². The van der Waals surface area contributed by atoms with E-state index in [1.54, 1.807) is 37.3 Å². The van der Waals surface area contributed by atoms with E-state index in [0.29, 0.717) is 27.4 Å². The van der Waals surface area contributed by atoms with Crippen molar-refractivity contribution in [2.75, 3.05) is 10.8 Å². The SMILES string of the molecule is CCC(C)NC(=O)C(C)N(Cc1ccccc1Cl)C(=O)CN(c1cccc(C(F)(F)F)c1)S(=O)(=O)c1ccccc1. The Morgan fingerprint density at radius 3 is 2.20 bits per heavy atom. The van der Waals surface area contributed by atoms with Crippen molar-refractivity contribution in [3.8, 4) is 0 Å². The molecule has 0 bridgehead atoms. The first-order valence-corrected chi connectivity index (χ1v) is 14.7. The first-order valence-electron chi connectivity index (χ1n) is 12.8. The highest BCUT2D eigenvalue weighted by atomic mass is 35.5. The molecule has 1 N–H and O–H groups in total. The summed E-state index contributed by atoms with van der Waals surface area (Å²) in [5, 5.41) is 3.13. The van der Waals surface area contributed by atoms with Crippen LogP contribution in [0.25, 0.3) is 0 Å². The van der Waals surface area contributed by atoms with Crippen LogP contribution in [0.3, 0.4) is 0 Å². The second kappa shape index (κ2) is 13.4. The maximum Gasteiger partial charge on any atom is 0.416 e. The summed E-state index contributed by atoms with van der Waals surface area (Å²) >= 11 is 6.33. The molecule has 0 saturated heterocycles. The van der Waals surface area contributed by atoms with Crippen LogP contribution in [0, 0.1) is 0 Å². The average Bonchev–Trinajstić information content (AvgIpc) is 2.94. The van der Waals surface area contributed by atoms with Crippen molar-refractivity contribution >= 4 is 39.1 Å². The number of benzene rings is 3. The fourth-order valence-electron chi connectivity index (χ4n) is 3.94. The van der Waals surface area contributed by atoms with Gasteiger partial charge in [-0.3, -0.25) is 13.9 Å². The highest BCUT2D eigenvalue weighted by molar-refractivity contribution is 7.92. The molecule has 3 aromatic rings. The summed E-state index contributed by atoms with van der Waals surface area (Å²) in [6.45, 7) is 4.16. The fourth-order valence-corrected chi connectivity index (χ4v) is 5.57. The predicted octanol–water partition coefficient (Wildman–Crippen LogP) is 5.89. The molecular formula is C29H31ClF3N3O4S. The standard InChI is InChI=1S/C29H31ClF3N3O4S/c1-4-20(2)34-28(38)21(3)35(18-22-11-8-9-16-26(22)30)27(37)19-36(41(39,40)25-14-6-5-7-15-25)24-13-10-12-23(17-24)29(31,32)33/h5-17,20-21H,4,18-19H2,1-3H3,(H,34,38). The van der Waals surface area contributed by atoms with Crippen LogP contribution in [0.15, 0.2) is 83.8 Å². The van der Waals surface area contributed by atoms with Crippen LogP contribution in [0.4, 0.5) is 18.9 Å². The van der Waals surface area contributed by atoms with Crippen molar-refractivity contribution in [2.45, 2.75) is 56.9 Å². The number of amides is 2. The Balaban J connectivity index is 2.08. The van der Waals surface area contributed by atoms with Gasteiger partial charge in [0.05, 0.1) is 16.1 Å². The van der Waals surface area contributed by atoms with Gasteiger partial charge in [0.1, 0.15) is 12.6 Å². The zero-order valence-corrected chi connectivity index (χ0v) is 24.3. The Labute approximate surface area is 243 Å². The lowest BCUT2D eigenvalue weighted by molar-refractivity contribution is -0.139. The van der Waals surface area contributed by atoms with E-state index >= 15 is 0 Å². The molecular weight excluding hydrogens is 579 g/mol. The largest absolute Gasteiger partial charge is 0.416 e. The van der Waals surface area contributed by atoms with Crippen molar-refractivity contribution in [3.63, 3.8) is 0 Å². The molecule has 0 saturated carbocycles. The van der Waals surface area contributed by atoms with E-state index in [9.17, 15) is 31.2 Å². The number of halogens is 4. The van der Waals surface area contributed by atoms with Crippen LogP contribution in [0.5, 0.6) is 0 Å². The summed E-state index contributed by atoms with van der Waals surface area (Å²) in [7, 11) is -4.50. The third kappa shape index (κ3) is 8.01. The van der Waals surface area contributed by atoms with Gasteiger partial charge < -0.3 is 10.2 Å². The highest BCUT2D eigenvalue weighted by Crippen LogP contribution is 2.33. The van der Waals surface area contributed by atoms with E-state index in [4.69, 9.17) is 11.6 Å². The number of anilines is 1. The molecule has 7 nitrogen and oxygen atoms in total. The van der Waals surface area contributed by atoms with Crippen molar-refractivity contribution in [2.24, 2.45) is 0 Å². The smallest absolute Gasteiger partial charge is 0.352 e. The lowest BCUT2D eigenvalue weighted by Gasteiger charge is -2.32. The molecule has 0 spiro atoms. The molecule has 12 heteroatoms. The molecule has 0 aliphatic heterocycles. The first-order chi connectivity index (χ1) is 19.3. The van der Waals surface area contributed by atoms with E-state index in [2.05, 4.69) is 5.32 Å². The third-order valence-electron chi connectivity index (χ3n) is 6.54. The van der Waals surface area contributed by atoms with Crippen LogP contribution >= 0.6 is 11.6 Å². The van der Waals surface area contributed by atoms with Crippen LogP contribution in [0.1, 0.15) is 38.3 Å². The lowest BCUT2D eigenvalue weighted by atomic mass is 10.1.